The van der Waals surface area contributed by atoms with Gasteiger partial charge < -0.3 is 68.1 Å². The van der Waals surface area contributed by atoms with E-state index in [9.17, 15) is 23.7 Å². The summed E-state index contributed by atoms with van der Waals surface area (Å²) in [5.41, 5.74) is 4.38. The van der Waals surface area contributed by atoms with Gasteiger partial charge in [0.2, 0.25) is 23.7 Å². The monoisotopic (exact) mass is 1120 g/mol. The third-order valence-electron chi connectivity index (χ3n) is 14.0. The van der Waals surface area contributed by atoms with Gasteiger partial charge in [0.05, 0.1) is 89.4 Å². The number of nitrogens with zero attached hydrogens (tertiary/aromatic N) is 6. The normalized spacial score (nSPS) is 17.3. The Balaban J connectivity index is 0.629. The summed E-state index contributed by atoms with van der Waals surface area (Å²) < 4.78 is 57.6. The first-order chi connectivity index (χ1) is 38.0. The first kappa shape index (κ1) is 58.2. The van der Waals surface area contributed by atoms with Crippen molar-refractivity contribution in [2.45, 2.75) is 44.3 Å². The van der Waals surface area contributed by atoms with Crippen LogP contribution in [0.3, 0.4) is 0 Å². The first-order valence-electron chi connectivity index (χ1n) is 26.2. The Bertz CT molecular complexity index is 2720. The second kappa shape index (κ2) is 28.8. The Hall–Kier alpha value is -5.98. The predicted octanol–water partition coefficient (Wildman–Crippen LogP) is 4.81. The Morgan fingerprint density at radius 1 is 0.756 bits per heavy atom. The number of amides is 4. The van der Waals surface area contributed by atoms with Crippen LogP contribution in [0, 0.1) is 0 Å². The maximum Gasteiger partial charge on any atom is 0.362 e. The molecule has 4 aliphatic heterocycles. The summed E-state index contributed by atoms with van der Waals surface area (Å²) in [5.74, 6) is 0.226. The molecule has 3 saturated heterocycles. The zero-order chi connectivity index (χ0) is 54.9. The smallest absolute Gasteiger partial charge is 0.362 e. The molecule has 8 rings (SSSR count). The molecule has 23 nitrogen and oxygen atoms in total. The summed E-state index contributed by atoms with van der Waals surface area (Å²) in [7, 11) is 0.698. The predicted molar refractivity (Wildman–Crippen MR) is 293 cm³/mol. The molecule has 5 heterocycles. The number of carbonyl (C=O) groups excluding carboxylic acids is 4. The lowest BCUT2D eigenvalue weighted by molar-refractivity contribution is -0.139. The number of carbonyl (C=O) groups is 4. The van der Waals surface area contributed by atoms with Crippen molar-refractivity contribution in [2.75, 3.05) is 154 Å². The second-order valence-corrected chi connectivity index (χ2v) is 21.3. The van der Waals surface area contributed by atoms with E-state index in [0.29, 0.717) is 132 Å². The number of anilines is 6. The van der Waals surface area contributed by atoms with Gasteiger partial charge in [-0.05, 0) is 55.7 Å². The Kier molecular flexibility index (Phi) is 21.5. The molecule has 25 heteroatoms. The number of imide groups is 1. The Morgan fingerprint density at radius 2 is 1.42 bits per heavy atom. The van der Waals surface area contributed by atoms with Gasteiger partial charge in [-0.3, -0.25) is 34.0 Å². The number of nitrogens with one attached hydrogen (secondary N) is 4. The van der Waals surface area contributed by atoms with Crippen LogP contribution in [0.2, 0.25) is 5.02 Å². The number of fused-ring (bicyclic) bond motifs is 1. The number of piperazine rings is 1. The van der Waals surface area contributed by atoms with Crippen LogP contribution in [0.4, 0.5) is 34.5 Å². The maximum atomic E-state index is 13.2. The average Bonchev–Trinajstić information content (AvgIpc) is 3.88. The average molecular weight is 1120 g/mol. The number of hydrogen-bond acceptors (Lipinski definition) is 20. The van der Waals surface area contributed by atoms with Crippen molar-refractivity contribution >= 4 is 82.6 Å². The molecule has 422 valence electrons. The molecule has 4 amide bonds. The summed E-state index contributed by atoms with van der Waals surface area (Å²) in [6.07, 6.45) is 4.01. The molecule has 1 unspecified atom stereocenters. The number of aromatic nitrogens is 2. The summed E-state index contributed by atoms with van der Waals surface area (Å²) in [6, 6.07) is 18.1. The fraction of sp³-hybridized carbons (Fsp3) is 0.509. The minimum Gasteiger partial charge on any atom is -0.494 e. The minimum atomic E-state index is -3.58. The van der Waals surface area contributed by atoms with Crippen molar-refractivity contribution in [2.24, 2.45) is 0 Å². The molecule has 0 aliphatic carbocycles. The van der Waals surface area contributed by atoms with Gasteiger partial charge in [0.1, 0.15) is 23.4 Å². The molecule has 3 fully saturated rings. The van der Waals surface area contributed by atoms with Crippen LogP contribution in [0.1, 0.15) is 41.6 Å². The molecule has 1 aromatic heterocycles. The van der Waals surface area contributed by atoms with Gasteiger partial charge in [-0.25, -0.2) is 4.98 Å². The highest BCUT2D eigenvalue weighted by atomic mass is 35.5. The quantitative estimate of drug-likeness (QED) is 0.0324. The number of halogens is 1. The molecular formula is C53H70ClN10O13P. The highest BCUT2D eigenvalue weighted by molar-refractivity contribution is 7.62. The van der Waals surface area contributed by atoms with E-state index in [1.807, 2.05) is 35.2 Å². The zero-order valence-electron chi connectivity index (χ0n) is 44.4. The SMILES string of the molecule is COc1cc(N2CCC(N3CCN(C(=O)COCCOCCOCCOCCOCCNc4cccc5c4CN(C4CCC(=O)NC4=O)C5=O)CC3)CC2)ccc1Nc1ncc(Cl)c(Nc2ccccc2P(=O)(OC)OC)n1. The fourth-order valence-corrected chi connectivity index (χ4v) is 11.2. The van der Waals surface area contributed by atoms with Crippen LogP contribution in [-0.4, -0.2) is 194 Å². The topological polar surface area (TPSA) is 246 Å². The van der Waals surface area contributed by atoms with Crippen molar-refractivity contribution in [3.63, 3.8) is 0 Å². The van der Waals surface area contributed by atoms with Crippen LogP contribution < -0.4 is 36.2 Å². The van der Waals surface area contributed by atoms with E-state index in [1.54, 1.807) is 37.4 Å². The van der Waals surface area contributed by atoms with E-state index >= 15 is 0 Å². The Labute approximate surface area is 459 Å². The molecular weight excluding hydrogens is 1050 g/mol. The number of ether oxygens (including phenoxy) is 6. The minimum absolute atomic E-state index is 0.0133. The standard InChI is InChI=1S/C53H70ClN10O13P/c1-70-46-33-38(11-12-43(46)58-53-56-34-41(54)50(60-53)57-44-8-4-5-10-47(44)78(69,71-2)72-3)61-18-15-37(16-19-61)62-20-22-63(23-21-62)49(66)36-77-32-31-76-30-29-75-28-27-74-26-25-73-24-17-55-42-9-6-7-39-40(42)35-64(52(39)68)45-13-14-48(65)59-51(45)67/h4-12,33-34,37,45,55H,13-32,35-36H2,1-3H3,(H,59,65,67)(H2,56,57,58,60). The van der Waals surface area contributed by atoms with E-state index in [-0.39, 0.29) is 41.7 Å². The Morgan fingerprint density at radius 3 is 2.10 bits per heavy atom. The molecule has 3 aromatic carbocycles. The summed E-state index contributed by atoms with van der Waals surface area (Å²) in [5, 5.41) is 12.6. The first-order valence-corrected chi connectivity index (χ1v) is 28.1. The van der Waals surface area contributed by atoms with Gasteiger partial charge in [0, 0.05) is 108 Å². The van der Waals surface area contributed by atoms with E-state index in [4.69, 9.17) is 49.1 Å². The molecule has 0 bridgehead atoms. The van der Waals surface area contributed by atoms with Crippen molar-refractivity contribution in [3.8, 4) is 5.75 Å². The van der Waals surface area contributed by atoms with E-state index in [0.717, 1.165) is 56.0 Å². The van der Waals surface area contributed by atoms with Crippen molar-refractivity contribution in [1.29, 1.82) is 0 Å². The molecule has 0 radical (unpaired) electrons. The number of hydrogen-bond donors (Lipinski definition) is 4. The number of benzene rings is 3. The van der Waals surface area contributed by atoms with Crippen molar-refractivity contribution in [1.82, 2.24) is 30.0 Å². The number of para-hydroxylation sites is 1. The molecule has 0 spiro atoms. The highest BCUT2D eigenvalue weighted by Crippen LogP contribution is 2.47. The molecule has 4 aliphatic rings. The summed E-state index contributed by atoms with van der Waals surface area (Å²) >= 11 is 6.49. The van der Waals surface area contributed by atoms with Crippen LogP contribution in [-0.2, 0) is 58.2 Å². The van der Waals surface area contributed by atoms with Crippen LogP contribution in [0.5, 0.6) is 5.75 Å². The molecule has 4 aromatic rings. The van der Waals surface area contributed by atoms with Crippen molar-refractivity contribution < 1.29 is 61.2 Å². The van der Waals surface area contributed by atoms with Gasteiger partial charge in [-0.1, -0.05) is 29.8 Å². The third-order valence-corrected chi connectivity index (χ3v) is 16.2. The van der Waals surface area contributed by atoms with Crippen molar-refractivity contribution in [3.05, 3.63) is 83.0 Å². The lowest BCUT2D eigenvalue weighted by Gasteiger charge is -2.43. The van der Waals surface area contributed by atoms with E-state index in [1.165, 1.54) is 25.3 Å². The number of rotatable bonds is 29. The van der Waals surface area contributed by atoms with Gasteiger partial charge in [-0.15, -0.1) is 0 Å². The number of methoxy groups -OCH3 is 1. The van der Waals surface area contributed by atoms with Gasteiger partial charge >= 0.3 is 7.60 Å². The number of piperidine rings is 2. The van der Waals surface area contributed by atoms with Gasteiger partial charge in [0.15, 0.2) is 5.82 Å². The lowest BCUT2D eigenvalue weighted by atomic mass is 10.0. The summed E-state index contributed by atoms with van der Waals surface area (Å²) in [4.78, 5) is 67.2. The van der Waals surface area contributed by atoms with E-state index in [2.05, 4.69) is 41.0 Å². The third kappa shape index (κ3) is 15.2. The van der Waals surface area contributed by atoms with Crippen LogP contribution >= 0.6 is 19.2 Å². The molecule has 0 saturated carbocycles. The highest BCUT2D eigenvalue weighted by Gasteiger charge is 2.40. The molecule has 78 heavy (non-hydrogen) atoms. The van der Waals surface area contributed by atoms with Crippen LogP contribution in [0.15, 0.2) is 66.9 Å². The second-order valence-electron chi connectivity index (χ2n) is 18.7. The fourth-order valence-electron chi connectivity index (χ4n) is 9.80. The van der Waals surface area contributed by atoms with Gasteiger partial charge in [-0.2, -0.15) is 4.98 Å². The lowest BCUT2D eigenvalue weighted by Crippen LogP contribution is -2.54. The largest absolute Gasteiger partial charge is 0.494 e. The van der Waals surface area contributed by atoms with E-state index < -0.39 is 19.5 Å². The zero-order valence-corrected chi connectivity index (χ0v) is 46.0. The van der Waals surface area contributed by atoms with Crippen LogP contribution in [0.25, 0.3) is 0 Å². The maximum absolute atomic E-state index is 13.2. The van der Waals surface area contributed by atoms with Gasteiger partial charge in [0.25, 0.3) is 5.91 Å². The molecule has 1 atom stereocenters. The molecule has 4 N–H and O–H groups in total. The summed E-state index contributed by atoms with van der Waals surface area (Å²) in [6.45, 7) is 9.18.